The van der Waals surface area contributed by atoms with Crippen LogP contribution in [0.1, 0.15) is 31.4 Å². The van der Waals surface area contributed by atoms with Crippen molar-refractivity contribution in [1.82, 2.24) is 15.2 Å². The minimum Gasteiger partial charge on any atom is -0.381 e. The van der Waals surface area contributed by atoms with E-state index in [-0.39, 0.29) is 18.1 Å². The normalized spacial score (nSPS) is 30.1. The molecule has 3 fully saturated rings. The van der Waals surface area contributed by atoms with Gasteiger partial charge in [0, 0.05) is 50.7 Å². The Hall–Kier alpha value is -1.50. The van der Waals surface area contributed by atoms with Crippen LogP contribution in [0.3, 0.4) is 0 Å². The number of pyridine rings is 1. The fourth-order valence-corrected chi connectivity index (χ4v) is 4.48. The molecule has 142 valence electrons. The molecule has 26 heavy (non-hydrogen) atoms. The summed E-state index contributed by atoms with van der Waals surface area (Å²) in [5, 5.41) is 3.02. The second-order valence-electron chi connectivity index (χ2n) is 7.65. The molecule has 0 bridgehead atoms. The number of rotatable bonds is 5. The van der Waals surface area contributed by atoms with Gasteiger partial charge >= 0.3 is 0 Å². The molecule has 0 radical (unpaired) electrons. The number of likely N-dealkylation sites (tertiary alicyclic amines) is 1. The maximum Gasteiger partial charge on any atom is 0.249 e. The van der Waals surface area contributed by atoms with Crippen molar-refractivity contribution in [2.75, 3.05) is 32.8 Å². The van der Waals surface area contributed by atoms with Crippen molar-refractivity contribution in [3.8, 4) is 0 Å². The largest absolute Gasteiger partial charge is 0.381 e. The summed E-state index contributed by atoms with van der Waals surface area (Å²) in [7, 11) is 0. The number of nitrogens with one attached hydrogen (secondary N) is 1. The molecule has 3 saturated heterocycles. The molecule has 6 heteroatoms. The molecule has 1 aromatic rings. The summed E-state index contributed by atoms with van der Waals surface area (Å²) in [6, 6.07) is 6.48. The van der Waals surface area contributed by atoms with Crippen molar-refractivity contribution >= 4 is 5.91 Å². The predicted molar refractivity (Wildman–Crippen MR) is 97.7 cm³/mol. The molecule has 0 spiro atoms. The number of piperidine rings is 1. The molecule has 3 aliphatic rings. The van der Waals surface area contributed by atoms with Crippen LogP contribution in [0.25, 0.3) is 0 Å². The number of nitrogens with zero attached hydrogens (tertiary/aromatic N) is 2. The van der Waals surface area contributed by atoms with Gasteiger partial charge in [-0.3, -0.25) is 14.7 Å². The molecule has 0 unspecified atom stereocenters. The number of hydrogen-bond acceptors (Lipinski definition) is 5. The Labute approximate surface area is 155 Å². The molecule has 4 heterocycles. The van der Waals surface area contributed by atoms with Gasteiger partial charge in [-0.2, -0.15) is 0 Å². The summed E-state index contributed by atoms with van der Waals surface area (Å²) in [5.41, 5.74) is 1.00. The second kappa shape index (κ2) is 8.46. The zero-order valence-electron chi connectivity index (χ0n) is 15.3. The van der Waals surface area contributed by atoms with E-state index in [1.807, 2.05) is 18.2 Å². The van der Waals surface area contributed by atoms with E-state index < -0.39 is 0 Å². The maximum absolute atomic E-state index is 12.5. The van der Waals surface area contributed by atoms with Gasteiger partial charge in [0.15, 0.2) is 0 Å². The SMILES string of the molecule is O=C(NCCc1ccccn1)[C@H]1C[C@@H]2CCN(C3CCOCC3)C[C@H]2O1. The molecule has 6 nitrogen and oxygen atoms in total. The van der Waals surface area contributed by atoms with Crippen molar-refractivity contribution in [1.29, 1.82) is 0 Å². The van der Waals surface area contributed by atoms with E-state index in [0.717, 1.165) is 64.1 Å². The highest BCUT2D eigenvalue weighted by Crippen LogP contribution is 2.34. The van der Waals surface area contributed by atoms with Gasteiger partial charge in [0.1, 0.15) is 6.10 Å². The minimum absolute atomic E-state index is 0.0351. The van der Waals surface area contributed by atoms with E-state index in [1.54, 1.807) is 6.20 Å². The van der Waals surface area contributed by atoms with E-state index in [9.17, 15) is 4.79 Å². The number of carbonyl (C=O) groups excluding carboxylic acids is 1. The van der Waals surface area contributed by atoms with Gasteiger partial charge in [-0.25, -0.2) is 0 Å². The first-order chi connectivity index (χ1) is 12.8. The second-order valence-corrected chi connectivity index (χ2v) is 7.65. The lowest BCUT2D eigenvalue weighted by molar-refractivity contribution is -0.133. The Morgan fingerprint density at radius 2 is 2.15 bits per heavy atom. The minimum atomic E-state index is -0.289. The topological polar surface area (TPSA) is 63.7 Å². The Bertz CT molecular complexity index is 591. The zero-order valence-corrected chi connectivity index (χ0v) is 15.3. The third-order valence-electron chi connectivity index (χ3n) is 5.99. The van der Waals surface area contributed by atoms with Crippen LogP contribution in [0.2, 0.25) is 0 Å². The van der Waals surface area contributed by atoms with Gasteiger partial charge in [-0.05, 0) is 50.3 Å². The molecular weight excluding hydrogens is 330 g/mol. The summed E-state index contributed by atoms with van der Waals surface area (Å²) in [4.78, 5) is 19.3. The maximum atomic E-state index is 12.5. The number of fused-ring (bicyclic) bond motifs is 1. The molecule has 4 rings (SSSR count). The van der Waals surface area contributed by atoms with Gasteiger partial charge < -0.3 is 14.8 Å². The van der Waals surface area contributed by atoms with Gasteiger partial charge in [0.2, 0.25) is 5.91 Å². The summed E-state index contributed by atoms with van der Waals surface area (Å²) in [6.07, 6.45) is 6.70. The van der Waals surface area contributed by atoms with Crippen LogP contribution >= 0.6 is 0 Å². The Kier molecular flexibility index (Phi) is 5.82. The van der Waals surface area contributed by atoms with Crippen molar-refractivity contribution in [2.45, 2.75) is 50.4 Å². The first-order valence-corrected chi connectivity index (χ1v) is 9.94. The molecule has 0 aliphatic carbocycles. The highest BCUT2D eigenvalue weighted by atomic mass is 16.5. The van der Waals surface area contributed by atoms with E-state index in [2.05, 4.69) is 15.2 Å². The number of hydrogen-bond donors (Lipinski definition) is 1. The fraction of sp³-hybridized carbons (Fsp3) is 0.700. The Morgan fingerprint density at radius 1 is 1.27 bits per heavy atom. The molecule has 0 saturated carbocycles. The van der Waals surface area contributed by atoms with E-state index in [4.69, 9.17) is 9.47 Å². The highest BCUT2D eigenvalue weighted by molar-refractivity contribution is 5.81. The van der Waals surface area contributed by atoms with Crippen LogP contribution in [0.4, 0.5) is 0 Å². The number of ether oxygens (including phenoxy) is 2. The molecule has 1 aromatic heterocycles. The first-order valence-electron chi connectivity index (χ1n) is 9.94. The fourth-order valence-electron chi connectivity index (χ4n) is 4.48. The van der Waals surface area contributed by atoms with Gasteiger partial charge in [-0.1, -0.05) is 6.07 Å². The standard InChI is InChI=1S/C20H29N3O3/c24-20(22-9-4-16-3-1-2-8-21-16)18-13-15-5-10-23(14-19(15)26-18)17-6-11-25-12-7-17/h1-3,8,15,17-19H,4-7,9-14H2,(H,22,24)/t15-,18+,19+/m0/s1. The van der Waals surface area contributed by atoms with Crippen molar-refractivity contribution < 1.29 is 14.3 Å². The number of carbonyl (C=O) groups is 1. The van der Waals surface area contributed by atoms with Crippen LogP contribution in [0, 0.1) is 5.92 Å². The monoisotopic (exact) mass is 359 g/mol. The van der Waals surface area contributed by atoms with E-state index in [0.29, 0.717) is 18.5 Å². The van der Waals surface area contributed by atoms with Gasteiger partial charge in [0.05, 0.1) is 6.10 Å². The predicted octanol–water partition coefficient (Wildman–Crippen LogP) is 1.40. The summed E-state index contributed by atoms with van der Waals surface area (Å²) < 4.78 is 11.6. The van der Waals surface area contributed by atoms with Crippen LogP contribution in [-0.4, -0.2) is 66.9 Å². The summed E-state index contributed by atoms with van der Waals surface area (Å²) >= 11 is 0. The molecule has 3 aliphatic heterocycles. The van der Waals surface area contributed by atoms with Crippen LogP contribution < -0.4 is 5.32 Å². The zero-order chi connectivity index (χ0) is 17.8. The van der Waals surface area contributed by atoms with Crippen molar-refractivity contribution in [2.24, 2.45) is 5.92 Å². The van der Waals surface area contributed by atoms with Gasteiger partial charge in [0.25, 0.3) is 0 Å². The quantitative estimate of drug-likeness (QED) is 0.861. The Morgan fingerprint density at radius 3 is 2.96 bits per heavy atom. The molecule has 3 atom stereocenters. The molecule has 1 amide bonds. The van der Waals surface area contributed by atoms with Gasteiger partial charge in [-0.15, -0.1) is 0 Å². The average Bonchev–Trinajstić information content (AvgIpc) is 3.13. The van der Waals surface area contributed by atoms with Crippen LogP contribution in [0.15, 0.2) is 24.4 Å². The number of amides is 1. The molecular formula is C20H29N3O3. The van der Waals surface area contributed by atoms with Crippen LogP contribution in [-0.2, 0) is 20.7 Å². The van der Waals surface area contributed by atoms with E-state index in [1.165, 1.54) is 0 Å². The molecule has 0 aromatic carbocycles. The van der Waals surface area contributed by atoms with E-state index >= 15 is 0 Å². The lowest BCUT2D eigenvalue weighted by atomic mass is 9.90. The molecule has 1 N–H and O–H groups in total. The smallest absolute Gasteiger partial charge is 0.249 e. The van der Waals surface area contributed by atoms with Crippen LogP contribution in [0.5, 0.6) is 0 Å². The summed E-state index contributed by atoms with van der Waals surface area (Å²) in [5.74, 6) is 0.561. The third-order valence-corrected chi connectivity index (χ3v) is 5.99. The third kappa shape index (κ3) is 4.24. The number of aromatic nitrogens is 1. The Balaban J connectivity index is 1.23. The first kappa shape index (κ1) is 17.9. The van der Waals surface area contributed by atoms with Crippen molar-refractivity contribution in [3.63, 3.8) is 0 Å². The van der Waals surface area contributed by atoms with Crippen molar-refractivity contribution in [3.05, 3.63) is 30.1 Å². The highest BCUT2D eigenvalue weighted by Gasteiger charge is 2.42. The lowest BCUT2D eigenvalue weighted by Gasteiger charge is -2.40. The summed E-state index contributed by atoms with van der Waals surface area (Å²) in [6.45, 7) is 4.45. The average molecular weight is 359 g/mol. The lowest BCUT2D eigenvalue weighted by Crippen LogP contribution is -2.49.